The summed E-state index contributed by atoms with van der Waals surface area (Å²) < 4.78 is 1.76. The first kappa shape index (κ1) is 15.1. The fourth-order valence-corrected chi connectivity index (χ4v) is 3.75. The number of nitrogens with one attached hydrogen (secondary N) is 1. The minimum atomic E-state index is -1.20. The maximum Gasteiger partial charge on any atom is 0.253 e. The van der Waals surface area contributed by atoms with Gasteiger partial charge in [0, 0.05) is 31.1 Å². The average molecular weight is 317 g/mol. The highest BCUT2D eigenvalue weighted by atomic mass is 32.2. The van der Waals surface area contributed by atoms with Crippen LogP contribution in [0.1, 0.15) is 12.0 Å². The number of amides is 1. The number of aliphatic hydroxyl groups is 1. The Morgan fingerprint density at radius 3 is 3.05 bits per heavy atom. The first-order chi connectivity index (χ1) is 10.6. The van der Waals surface area contributed by atoms with Crippen LogP contribution in [-0.2, 0) is 18.4 Å². The number of aromatic nitrogens is 2. The van der Waals surface area contributed by atoms with Crippen LogP contribution in [0.4, 0.5) is 0 Å². The fraction of sp³-hybridized carbons (Fsp3) is 0.375. The predicted molar refractivity (Wildman–Crippen MR) is 87.4 cm³/mol. The molecule has 1 aromatic heterocycles. The van der Waals surface area contributed by atoms with Crippen LogP contribution in [0.15, 0.2) is 36.7 Å². The summed E-state index contributed by atoms with van der Waals surface area (Å²) in [7, 11) is 1.88. The molecule has 2 heterocycles. The summed E-state index contributed by atoms with van der Waals surface area (Å²) in [5, 5.41) is 17.2. The second-order valence-electron chi connectivity index (χ2n) is 5.62. The Balaban J connectivity index is 1.67. The van der Waals surface area contributed by atoms with Gasteiger partial charge in [-0.05, 0) is 29.4 Å². The molecule has 1 aliphatic heterocycles. The highest BCUT2D eigenvalue weighted by molar-refractivity contribution is 7.99. The van der Waals surface area contributed by atoms with Crippen molar-refractivity contribution in [3.8, 4) is 11.1 Å². The van der Waals surface area contributed by atoms with Gasteiger partial charge in [-0.25, -0.2) is 0 Å². The van der Waals surface area contributed by atoms with Crippen LogP contribution in [0.25, 0.3) is 11.1 Å². The van der Waals surface area contributed by atoms with Crippen LogP contribution in [-0.4, -0.2) is 37.9 Å². The molecule has 6 heteroatoms. The monoisotopic (exact) mass is 317 g/mol. The average Bonchev–Trinajstić information content (AvgIpc) is 3.15. The standard InChI is InChI=1S/C16H19N3O2S/c1-19-10-14(9-18-19)13-4-2-3-12(7-13)8-17-15(20)16(21)5-6-22-11-16/h2-4,7,9-10,21H,5-6,8,11H2,1H3,(H,17,20). The van der Waals surface area contributed by atoms with Gasteiger partial charge in [-0.2, -0.15) is 16.9 Å². The van der Waals surface area contributed by atoms with Crippen LogP contribution in [0.3, 0.4) is 0 Å². The summed E-state index contributed by atoms with van der Waals surface area (Å²) in [6.45, 7) is 0.417. The fourth-order valence-electron chi connectivity index (χ4n) is 2.51. The topological polar surface area (TPSA) is 67.2 Å². The summed E-state index contributed by atoms with van der Waals surface area (Å²) in [5.74, 6) is 1.04. The molecule has 1 aliphatic rings. The van der Waals surface area contributed by atoms with Crippen molar-refractivity contribution in [3.63, 3.8) is 0 Å². The molecular weight excluding hydrogens is 298 g/mol. The number of hydrogen-bond acceptors (Lipinski definition) is 4. The van der Waals surface area contributed by atoms with Crippen molar-refractivity contribution in [2.45, 2.75) is 18.6 Å². The first-order valence-corrected chi connectivity index (χ1v) is 8.39. The normalized spacial score (nSPS) is 21.0. The minimum Gasteiger partial charge on any atom is -0.379 e. The van der Waals surface area contributed by atoms with Crippen LogP contribution in [0.2, 0.25) is 0 Å². The van der Waals surface area contributed by atoms with Crippen LogP contribution >= 0.6 is 11.8 Å². The van der Waals surface area contributed by atoms with Crippen molar-refractivity contribution in [2.24, 2.45) is 7.05 Å². The van der Waals surface area contributed by atoms with Gasteiger partial charge in [0.25, 0.3) is 5.91 Å². The number of carbonyl (C=O) groups is 1. The van der Waals surface area contributed by atoms with E-state index in [1.165, 1.54) is 0 Å². The SMILES string of the molecule is Cn1cc(-c2cccc(CNC(=O)C3(O)CCSC3)c2)cn1. The van der Waals surface area contributed by atoms with Crippen molar-refractivity contribution in [2.75, 3.05) is 11.5 Å². The molecule has 0 radical (unpaired) electrons. The van der Waals surface area contributed by atoms with Crippen LogP contribution in [0, 0.1) is 0 Å². The molecule has 22 heavy (non-hydrogen) atoms. The predicted octanol–water partition coefficient (Wildman–Crippen LogP) is 1.57. The second kappa shape index (κ2) is 6.14. The summed E-state index contributed by atoms with van der Waals surface area (Å²) >= 11 is 1.61. The molecule has 1 fully saturated rings. The van der Waals surface area contributed by atoms with E-state index >= 15 is 0 Å². The Morgan fingerprint density at radius 1 is 1.50 bits per heavy atom. The molecule has 0 bridgehead atoms. The van der Waals surface area contributed by atoms with Gasteiger partial charge in [0.15, 0.2) is 5.60 Å². The van der Waals surface area contributed by atoms with E-state index < -0.39 is 5.60 Å². The largest absolute Gasteiger partial charge is 0.379 e. The third-order valence-electron chi connectivity index (χ3n) is 3.84. The zero-order valence-corrected chi connectivity index (χ0v) is 13.3. The molecule has 0 spiro atoms. The van der Waals surface area contributed by atoms with E-state index in [9.17, 15) is 9.90 Å². The van der Waals surface area contributed by atoms with Gasteiger partial charge in [-0.15, -0.1) is 0 Å². The van der Waals surface area contributed by atoms with Crippen molar-refractivity contribution >= 4 is 17.7 Å². The lowest BCUT2D eigenvalue weighted by atomic mass is 10.0. The molecule has 1 amide bonds. The summed E-state index contributed by atoms with van der Waals surface area (Å²) in [6, 6.07) is 7.98. The summed E-state index contributed by atoms with van der Waals surface area (Å²) in [4.78, 5) is 12.1. The number of thioether (sulfide) groups is 1. The smallest absolute Gasteiger partial charge is 0.253 e. The van der Waals surface area contributed by atoms with Crippen molar-refractivity contribution in [1.82, 2.24) is 15.1 Å². The van der Waals surface area contributed by atoms with E-state index in [0.29, 0.717) is 18.7 Å². The summed E-state index contributed by atoms with van der Waals surface area (Å²) in [6.07, 6.45) is 4.30. The summed E-state index contributed by atoms with van der Waals surface area (Å²) in [5.41, 5.74) is 1.91. The molecule has 1 aromatic carbocycles. The van der Waals surface area contributed by atoms with E-state index in [0.717, 1.165) is 22.4 Å². The van der Waals surface area contributed by atoms with E-state index in [1.54, 1.807) is 16.4 Å². The Bertz CT molecular complexity index is 678. The van der Waals surface area contributed by atoms with Gasteiger partial charge in [0.1, 0.15) is 0 Å². The van der Waals surface area contributed by atoms with Gasteiger partial charge >= 0.3 is 0 Å². The Labute approximate surface area is 133 Å². The zero-order valence-electron chi connectivity index (χ0n) is 12.5. The second-order valence-corrected chi connectivity index (χ2v) is 6.73. The number of carbonyl (C=O) groups excluding carboxylic acids is 1. The van der Waals surface area contributed by atoms with Gasteiger partial charge in [-0.3, -0.25) is 9.48 Å². The molecule has 5 nitrogen and oxygen atoms in total. The van der Waals surface area contributed by atoms with Crippen molar-refractivity contribution in [1.29, 1.82) is 0 Å². The highest BCUT2D eigenvalue weighted by Crippen LogP contribution is 2.28. The lowest BCUT2D eigenvalue weighted by molar-refractivity contribution is -0.137. The molecule has 3 rings (SSSR count). The Kier molecular flexibility index (Phi) is 4.22. The molecule has 1 saturated heterocycles. The zero-order chi connectivity index (χ0) is 15.6. The number of nitrogens with zero attached hydrogens (tertiary/aromatic N) is 2. The van der Waals surface area contributed by atoms with Gasteiger partial charge < -0.3 is 10.4 Å². The van der Waals surface area contributed by atoms with Crippen LogP contribution < -0.4 is 5.32 Å². The number of hydrogen-bond donors (Lipinski definition) is 2. The molecule has 0 aliphatic carbocycles. The third kappa shape index (κ3) is 3.18. The molecule has 1 unspecified atom stereocenters. The Morgan fingerprint density at radius 2 is 2.36 bits per heavy atom. The highest BCUT2D eigenvalue weighted by Gasteiger charge is 2.39. The van der Waals surface area contributed by atoms with Gasteiger partial charge in [0.2, 0.25) is 0 Å². The molecular formula is C16H19N3O2S. The van der Waals surface area contributed by atoms with E-state index in [2.05, 4.69) is 10.4 Å². The minimum absolute atomic E-state index is 0.274. The molecule has 116 valence electrons. The molecule has 2 aromatic rings. The quantitative estimate of drug-likeness (QED) is 0.898. The number of aryl methyl sites for hydroxylation is 1. The molecule has 1 atom stereocenters. The lowest BCUT2D eigenvalue weighted by Gasteiger charge is -2.20. The molecule has 0 saturated carbocycles. The number of benzene rings is 1. The van der Waals surface area contributed by atoms with E-state index in [1.807, 2.05) is 43.7 Å². The van der Waals surface area contributed by atoms with E-state index in [4.69, 9.17) is 0 Å². The molecule has 2 N–H and O–H groups in total. The van der Waals surface area contributed by atoms with Gasteiger partial charge in [-0.1, -0.05) is 18.2 Å². The van der Waals surface area contributed by atoms with Gasteiger partial charge in [0.05, 0.1) is 6.20 Å². The third-order valence-corrected chi connectivity index (χ3v) is 5.02. The number of rotatable bonds is 4. The Hall–Kier alpha value is -1.79. The first-order valence-electron chi connectivity index (χ1n) is 7.23. The van der Waals surface area contributed by atoms with E-state index in [-0.39, 0.29) is 5.91 Å². The van der Waals surface area contributed by atoms with Crippen LogP contribution in [0.5, 0.6) is 0 Å². The maximum atomic E-state index is 12.1. The lowest BCUT2D eigenvalue weighted by Crippen LogP contribution is -2.46. The van der Waals surface area contributed by atoms with Crippen molar-refractivity contribution < 1.29 is 9.90 Å². The maximum absolute atomic E-state index is 12.1. The van der Waals surface area contributed by atoms with Crippen molar-refractivity contribution in [3.05, 3.63) is 42.2 Å².